The summed E-state index contributed by atoms with van der Waals surface area (Å²) in [4.78, 5) is 11.3. The summed E-state index contributed by atoms with van der Waals surface area (Å²) < 4.78 is 2.01. The van der Waals surface area contributed by atoms with Gasteiger partial charge in [0, 0.05) is 31.1 Å². The van der Waals surface area contributed by atoms with Crippen molar-refractivity contribution in [3.63, 3.8) is 0 Å². The molecule has 9 heteroatoms. The fourth-order valence-corrected chi connectivity index (χ4v) is 4.56. The molecule has 154 valence electrons. The van der Waals surface area contributed by atoms with Crippen molar-refractivity contribution in [3.05, 3.63) is 34.0 Å². The van der Waals surface area contributed by atoms with Gasteiger partial charge in [0.05, 0.1) is 6.54 Å². The second-order valence-corrected chi connectivity index (χ2v) is 8.46. The van der Waals surface area contributed by atoms with Gasteiger partial charge < -0.3 is 14.8 Å². The number of hydrogen-bond acceptors (Lipinski definition) is 5. The molecule has 2 aromatic heterocycles. The molecule has 0 aromatic carbocycles. The summed E-state index contributed by atoms with van der Waals surface area (Å²) >= 11 is 1.78. The van der Waals surface area contributed by atoms with E-state index in [0.29, 0.717) is 12.6 Å². The summed E-state index contributed by atoms with van der Waals surface area (Å²) in [5.74, 6) is 2.81. The van der Waals surface area contributed by atoms with Crippen LogP contribution in [0, 0.1) is 6.92 Å². The van der Waals surface area contributed by atoms with Gasteiger partial charge in [0.1, 0.15) is 12.4 Å². The summed E-state index contributed by atoms with van der Waals surface area (Å²) in [7, 11) is 2.00. The first-order valence-electron chi connectivity index (χ1n) is 9.85. The third-order valence-corrected chi connectivity index (χ3v) is 6.55. The van der Waals surface area contributed by atoms with Crippen molar-refractivity contribution in [2.24, 2.45) is 12.0 Å². The van der Waals surface area contributed by atoms with Gasteiger partial charge in [-0.2, -0.15) is 0 Å². The van der Waals surface area contributed by atoms with Crippen molar-refractivity contribution in [2.45, 2.75) is 45.3 Å². The van der Waals surface area contributed by atoms with Crippen LogP contribution in [0.2, 0.25) is 0 Å². The van der Waals surface area contributed by atoms with Crippen LogP contribution in [0.1, 0.15) is 35.8 Å². The normalized spacial score (nSPS) is 20.6. The number of thiophene rings is 1. The van der Waals surface area contributed by atoms with E-state index >= 15 is 0 Å². The number of rotatable bonds is 5. The molecule has 1 atom stereocenters. The van der Waals surface area contributed by atoms with Gasteiger partial charge in [-0.1, -0.05) is 6.07 Å². The van der Waals surface area contributed by atoms with Crippen molar-refractivity contribution in [1.82, 2.24) is 29.9 Å². The number of aryl methyl sites for hydroxylation is 1. The summed E-state index contributed by atoms with van der Waals surface area (Å²) in [5.41, 5.74) is 0. The minimum Gasteiger partial charge on any atom is -0.351 e. The predicted octanol–water partition coefficient (Wildman–Crippen LogP) is 2.62. The minimum atomic E-state index is 0. The van der Waals surface area contributed by atoms with Crippen molar-refractivity contribution >= 4 is 41.3 Å². The largest absolute Gasteiger partial charge is 0.351 e. The minimum absolute atomic E-state index is 0. The highest BCUT2D eigenvalue weighted by Crippen LogP contribution is 2.21. The first-order chi connectivity index (χ1) is 13.2. The average Bonchev–Trinajstić information content (AvgIpc) is 3.45. The third kappa shape index (κ3) is 5.04. The Morgan fingerprint density at radius 3 is 2.79 bits per heavy atom. The lowest BCUT2D eigenvalue weighted by molar-refractivity contribution is 0.249. The molecule has 1 N–H and O–H groups in total. The second kappa shape index (κ2) is 10.0. The van der Waals surface area contributed by atoms with Crippen LogP contribution in [0.25, 0.3) is 0 Å². The molecule has 0 spiro atoms. The molecule has 0 amide bonds. The first kappa shape index (κ1) is 21.5. The van der Waals surface area contributed by atoms with Crippen LogP contribution in [-0.4, -0.2) is 62.7 Å². The number of halogens is 1. The van der Waals surface area contributed by atoms with Crippen molar-refractivity contribution in [3.8, 4) is 0 Å². The topological polar surface area (TPSA) is 61.6 Å². The second-order valence-electron chi connectivity index (χ2n) is 7.43. The highest BCUT2D eigenvalue weighted by molar-refractivity contribution is 14.0. The van der Waals surface area contributed by atoms with Gasteiger partial charge in [0.25, 0.3) is 0 Å². The molecule has 2 fully saturated rings. The van der Waals surface area contributed by atoms with E-state index in [2.05, 4.69) is 42.8 Å². The van der Waals surface area contributed by atoms with E-state index in [9.17, 15) is 0 Å². The van der Waals surface area contributed by atoms with Gasteiger partial charge in [0.15, 0.2) is 11.8 Å². The van der Waals surface area contributed by atoms with E-state index < -0.39 is 0 Å². The quantitative estimate of drug-likeness (QED) is 0.377. The van der Waals surface area contributed by atoms with E-state index in [-0.39, 0.29) is 24.0 Å². The van der Waals surface area contributed by atoms with Gasteiger partial charge in [-0.3, -0.25) is 4.90 Å². The Morgan fingerprint density at radius 2 is 2.11 bits per heavy atom. The number of aromatic nitrogens is 3. The van der Waals surface area contributed by atoms with Crippen LogP contribution >= 0.6 is 35.3 Å². The van der Waals surface area contributed by atoms with Gasteiger partial charge in [0.2, 0.25) is 0 Å². The molecule has 2 aromatic rings. The summed E-state index contributed by atoms with van der Waals surface area (Å²) in [6, 6.07) is 4.93. The Hall–Kier alpha value is -1.20. The zero-order valence-electron chi connectivity index (χ0n) is 16.7. The summed E-state index contributed by atoms with van der Waals surface area (Å²) in [6.07, 6.45) is 3.92. The first-order valence-corrected chi connectivity index (χ1v) is 10.7. The third-order valence-electron chi connectivity index (χ3n) is 5.67. The predicted molar refractivity (Wildman–Crippen MR) is 124 cm³/mol. The number of aliphatic imine (C=N–C) groups is 1. The van der Waals surface area contributed by atoms with Crippen LogP contribution in [0.4, 0.5) is 0 Å². The number of nitrogens with one attached hydrogen (secondary N) is 1. The summed E-state index contributed by atoms with van der Waals surface area (Å²) in [5, 5.41) is 14.1. The van der Waals surface area contributed by atoms with Crippen molar-refractivity contribution in [1.29, 1.82) is 0 Å². The molecule has 28 heavy (non-hydrogen) atoms. The Morgan fingerprint density at radius 1 is 1.29 bits per heavy atom. The molecule has 0 aliphatic carbocycles. The zero-order valence-corrected chi connectivity index (χ0v) is 19.8. The standard InChI is InChI=1S/C19H29N7S.HI/c1-15-22-23-18(24(15)2)13-21-19(20-12-17-6-5-11-27-17)26-10-7-16(14-26)25-8-3-4-9-25;/h5-6,11,16H,3-4,7-10,12-14H2,1-2H3,(H,20,21);1H. The molecule has 7 nitrogen and oxygen atoms in total. The highest BCUT2D eigenvalue weighted by Gasteiger charge is 2.30. The maximum absolute atomic E-state index is 4.90. The molecule has 0 saturated carbocycles. The SMILES string of the molecule is Cc1nnc(CN=C(NCc2cccs2)N2CCC(N3CCCC3)C2)n1C.I. The van der Waals surface area contributed by atoms with Gasteiger partial charge >= 0.3 is 0 Å². The van der Waals surface area contributed by atoms with Crippen LogP contribution < -0.4 is 5.32 Å². The Kier molecular flexibility index (Phi) is 7.69. The number of guanidine groups is 1. The van der Waals surface area contributed by atoms with E-state index in [0.717, 1.165) is 37.2 Å². The van der Waals surface area contributed by atoms with Crippen LogP contribution in [-0.2, 0) is 20.1 Å². The van der Waals surface area contributed by atoms with Gasteiger partial charge in [-0.05, 0) is 50.7 Å². The van der Waals surface area contributed by atoms with Crippen molar-refractivity contribution < 1.29 is 0 Å². The maximum Gasteiger partial charge on any atom is 0.194 e. The fraction of sp³-hybridized carbons (Fsp3) is 0.632. The van der Waals surface area contributed by atoms with E-state index in [4.69, 9.17) is 4.99 Å². The number of nitrogens with zero attached hydrogens (tertiary/aromatic N) is 6. The smallest absolute Gasteiger partial charge is 0.194 e. The zero-order chi connectivity index (χ0) is 18.6. The number of likely N-dealkylation sites (tertiary alicyclic amines) is 2. The molecule has 4 heterocycles. The average molecular weight is 515 g/mol. The maximum atomic E-state index is 4.90. The Labute approximate surface area is 188 Å². The molecular weight excluding hydrogens is 485 g/mol. The van der Waals surface area contributed by atoms with Gasteiger partial charge in [-0.15, -0.1) is 45.5 Å². The molecule has 0 bridgehead atoms. The van der Waals surface area contributed by atoms with Crippen LogP contribution in [0.3, 0.4) is 0 Å². The molecule has 2 saturated heterocycles. The van der Waals surface area contributed by atoms with E-state index in [1.54, 1.807) is 11.3 Å². The lowest BCUT2D eigenvalue weighted by Crippen LogP contribution is -2.42. The highest BCUT2D eigenvalue weighted by atomic mass is 127. The Bertz CT molecular complexity index is 767. The van der Waals surface area contributed by atoms with Crippen molar-refractivity contribution in [2.75, 3.05) is 26.2 Å². The van der Waals surface area contributed by atoms with Crippen LogP contribution in [0.15, 0.2) is 22.5 Å². The lowest BCUT2D eigenvalue weighted by Gasteiger charge is -2.25. The van der Waals surface area contributed by atoms with Gasteiger partial charge in [-0.25, -0.2) is 4.99 Å². The molecule has 4 rings (SSSR count). The molecule has 1 unspecified atom stereocenters. The fourth-order valence-electron chi connectivity index (χ4n) is 3.92. The van der Waals surface area contributed by atoms with Crippen LogP contribution in [0.5, 0.6) is 0 Å². The Balaban J connectivity index is 0.00000225. The molecule has 2 aliphatic heterocycles. The molecule has 2 aliphatic rings. The monoisotopic (exact) mass is 515 g/mol. The molecular formula is C19H30IN7S. The van der Waals surface area contributed by atoms with E-state index in [1.165, 1.54) is 37.2 Å². The lowest BCUT2D eigenvalue weighted by atomic mass is 10.2. The number of hydrogen-bond donors (Lipinski definition) is 1. The summed E-state index contributed by atoms with van der Waals surface area (Å²) in [6.45, 7) is 7.98. The van der Waals surface area contributed by atoms with E-state index in [1.807, 2.05) is 18.5 Å². The molecule has 0 radical (unpaired) electrons.